The van der Waals surface area contributed by atoms with E-state index in [4.69, 9.17) is 16.5 Å². The van der Waals surface area contributed by atoms with Crippen molar-refractivity contribution in [1.29, 1.82) is 0 Å². The summed E-state index contributed by atoms with van der Waals surface area (Å²) in [6.45, 7) is 7.37. The average Bonchev–Trinajstić information content (AvgIpc) is 2.59. The van der Waals surface area contributed by atoms with Crippen LogP contribution in [0.15, 0.2) is 0 Å². The topological polar surface area (TPSA) is 36.9 Å². The van der Waals surface area contributed by atoms with Gasteiger partial charge in [0.2, 0.25) is 0 Å². The Morgan fingerprint density at radius 1 is 0.471 bits per heavy atom. The van der Waals surface area contributed by atoms with Gasteiger partial charge in [-0.25, -0.2) is 0 Å². The number of halogens is 9. The molecule has 0 aliphatic carbocycles. The summed E-state index contributed by atoms with van der Waals surface area (Å²) in [5.41, 5.74) is 0. The Bertz CT molecular complexity index is 626. The highest BCUT2D eigenvalue weighted by molar-refractivity contribution is 6.93. The lowest BCUT2D eigenvalue weighted by Gasteiger charge is -2.50. The summed E-state index contributed by atoms with van der Waals surface area (Å²) >= 11 is 0. The van der Waals surface area contributed by atoms with Crippen LogP contribution in [0.2, 0.25) is 50.4 Å². The molecule has 0 bridgehead atoms. The van der Waals surface area contributed by atoms with Gasteiger partial charge in [0.1, 0.15) is 0 Å². The molecule has 0 radical (unpaired) electrons. The van der Waals surface area contributed by atoms with Gasteiger partial charge < -0.3 is 16.5 Å². The summed E-state index contributed by atoms with van der Waals surface area (Å²) < 4.78 is 141. The summed E-state index contributed by atoms with van der Waals surface area (Å²) in [4.78, 5) is 0. The highest BCUT2D eigenvalue weighted by Gasteiger charge is 2.58. The molecule has 1 heterocycles. The monoisotopic (exact) mass is 584 g/mol. The van der Waals surface area contributed by atoms with Crippen molar-refractivity contribution in [2.24, 2.45) is 0 Å². The zero-order chi connectivity index (χ0) is 26.7. The summed E-state index contributed by atoms with van der Waals surface area (Å²) in [7, 11) is -14.9. The van der Waals surface area contributed by atoms with E-state index in [0.29, 0.717) is 18.9 Å². The third-order valence-electron chi connectivity index (χ3n) is 5.30. The summed E-state index contributed by atoms with van der Waals surface area (Å²) in [5, 5.41) is 0. The number of hydrogen-bond donors (Lipinski definition) is 0. The first-order chi connectivity index (χ1) is 15.0. The second-order valence-corrected chi connectivity index (χ2v) is 23.7. The molecule has 34 heavy (non-hydrogen) atoms. The van der Waals surface area contributed by atoms with E-state index in [1.807, 2.05) is 6.92 Å². The summed E-state index contributed by atoms with van der Waals surface area (Å²) in [6.07, 6.45) is -16.3. The van der Waals surface area contributed by atoms with Gasteiger partial charge in [0.05, 0.1) is 0 Å². The third-order valence-corrected chi connectivity index (χ3v) is 23.9. The lowest BCUT2D eigenvalue weighted by atomic mass is 10.4. The number of rotatable bonds is 9. The van der Waals surface area contributed by atoms with Crippen LogP contribution in [0.5, 0.6) is 0 Å². The molecule has 1 fully saturated rings. The molecule has 0 saturated carbocycles. The standard InChI is InChI=1S/C17H33F9O4Si4/c1-6-7-11-31(2)27-32(3,12-8-15(18,19)20)29-34(5,14-10-17(24,25)26)30-33(4,28-31)13-9-16(21,22)23/h6-14H2,1-5H3. The molecular weight excluding hydrogens is 552 g/mol. The molecule has 0 aromatic rings. The van der Waals surface area contributed by atoms with E-state index in [2.05, 4.69) is 0 Å². The predicted octanol–water partition coefficient (Wildman–Crippen LogP) is 8.01. The molecule has 1 rings (SSSR count). The van der Waals surface area contributed by atoms with Gasteiger partial charge in [-0.3, -0.25) is 0 Å². The Hall–Kier alpha value is 0.0775. The van der Waals surface area contributed by atoms with Gasteiger partial charge in [-0.05, 0) is 50.4 Å². The molecule has 0 aromatic heterocycles. The van der Waals surface area contributed by atoms with Crippen molar-refractivity contribution in [3.63, 3.8) is 0 Å². The lowest BCUT2D eigenvalue weighted by molar-refractivity contribution is -0.132. The molecule has 17 heteroatoms. The smallest absolute Gasteiger partial charge is 0.389 e. The fraction of sp³-hybridized carbons (Fsp3) is 1.00. The Labute approximate surface area is 198 Å². The average molecular weight is 585 g/mol. The van der Waals surface area contributed by atoms with Crippen LogP contribution in [-0.4, -0.2) is 52.8 Å². The molecule has 4 nitrogen and oxygen atoms in total. The quantitative estimate of drug-likeness (QED) is 0.203. The summed E-state index contributed by atoms with van der Waals surface area (Å²) in [6, 6.07) is -1.54. The van der Waals surface area contributed by atoms with Crippen LogP contribution in [0.3, 0.4) is 0 Å². The normalized spacial score (nSPS) is 34.1. The van der Waals surface area contributed by atoms with E-state index in [1.54, 1.807) is 6.55 Å². The molecule has 1 saturated heterocycles. The first-order valence-corrected chi connectivity index (χ1v) is 21.1. The van der Waals surface area contributed by atoms with Crippen LogP contribution in [0.25, 0.3) is 0 Å². The van der Waals surface area contributed by atoms with Gasteiger partial charge in [-0.15, -0.1) is 0 Å². The molecular formula is C17H33F9O4Si4. The molecule has 0 N–H and O–H groups in total. The molecule has 0 aromatic carbocycles. The number of alkyl halides is 9. The minimum Gasteiger partial charge on any atom is -0.416 e. The zero-order valence-electron chi connectivity index (χ0n) is 19.9. The molecule has 1 aliphatic rings. The molecule has 2 unspecified atom stereocenters. The fourth-order valence-corrected chi connectivity index (χ4v) is 27.2. The van der Waals surface area contributed by atoms with Crippen LogP contribution in [0.1, 0.15) is 39.0 Å². The van der Waals surface area contributed by atoms with Crippen LogP contribution < -0.4 is 0 Å². The first-order valence-electron chi connectivity index (χ1n) is 11.0. The highest BCUT2D eigenvalue weighted by atomic mass is 28.5. The Kier molecular flexibility index (Phi) is 10.6. The second-order valence-electron chi connectivity index (χ2n) is 9.39. The summed E-state index contributed by atoms with van der Waals surface area (Å²) in [5.74, 6) is 0. The van der Waals surface area contributed by atoms with Gasteiger partial charge in [0.25, 0.3) is 0 Å². The molecule has 0 spiro atoms. The second kappa shape index (κ2) is 11.2. The molecule has 204 valence electrons. The lowest BCUT2D eigenvalue weighted by Crippen LogP contribution is -2.67. The van der Waals surface area contributed by atoms with Gasteiger partial charge in [-0.1, -0.05) is 19.8 Å². The van der Waals surface area contributed by atoms with Crippen LogP contribution >= 0.6 is 0 Å². The Balaban J connectivity index is 3.42. The number of unbranched alkanes of at least 4 members (excludes halogenated alkanes) is 1. The number of hydrogen-bond acceptors (Lipinski definition) is 4. The van der Waals surface area contributed by atoms with Crippen molar-refractivity contribution >= 4 is 34.2 Å². The van der Waals surface area contributed by atoms with Crippen molar-refractivity contribution in [3.05, 3.63) is 0 Å². The maximum absolute atomic E-state index is 13.0. The van der Waals surface area contributed by atoms with E-state index in [1.165, 1.54) is 19.6 Å². The Morgan fingerprint density at radius 2 is 0.706 bits per heavy atom. The van der Waals surface area contributed by atoms with E-state index < -0.39 is 90.2 Å². The van der Waals surface area contributed by atoms with Crippen molar-refractivity contribution in [3.8, 4) is 0 Å². The zero-order valence-corrected chi connectivity index (χ0v) is 23.9. The highest BCUT2D eigenvalue weighted by Crippen LogP contribution is 2.42. The third kappa shape index (κ3) is 12.4. The van der Waals surface area contributed by atoms with E-state index in [0.717, 1.165) is 0 Å². The van der Waals surface area contributed by atoms with Gasteiger partial charge >= 0.3 is 52.8 Å². The minimum absolute atomic E-state index is 0.292. The van der Waals surface area contributed by atoms with Crippen LogP contribution in [0, 0.1) is 0 Å². The molecule has 0 amide bonds. The van der Waals surface area contributed by atoms with Crippen LogP contribution in [0.4, 0.5) is 39.5 Å². The largest absolute Gasteiger partial charge is 0.416 e. The maximum Gasteiger partial charge on any atom is 0.389 e. The first kappa shape index (κ1) is 32.1. The van der Waals surface area contributed by atoms with E-state index in [9.17, 15) is 39.5 Å². The fourth-order valence-electron chi connectivity index (χ4n) is 3.92. The van der Waals surface area contributed by atoms with Crippen molar-refractivity contribution in [2.75, 3.05) is 0 Å². The van der Waals surface area contributed by atoms with Gasteiger partial charge in [0.15, 0.2) is 0 Å². The van der Waals surface area contributed by atoms with Gasteiger partial charge in [-0.2, -0.15) is 39.5 Å². The molecule has 2 atom stereocenters. The van der Waals surface area contributed by atoms with Gasteiger partial charge in [0, 0.05) is 19.3 Å². The van der Waals surface area contributed by atoms with E-state index in [-0.39, 0.29) is 0 Å². The van der Waals surface area contributed by atoms with Crippen LogP contribution in [-0.2, 0) is 16.5 Å². The minimum atomic E-state index is -4.61. The maximum atomic E-state index is 13.0. The van der Waals surface area contributed by atoms with E-state index >= 15 is 0 Å². The predicted molar refractivity (Wildman–Crippen MR) is 117 cm³/mol. The van der Waals surface area contributed by atoms with Crippen molar-refractivity contribution in [1.82, 2.24) is 0 Å². The van der Waals surface area contributed by atoms with Crippen molar-refractivity contribution < 1.29 is 56.0 Å². The SMILES string of the molecule is CCCC[Si]1(C)O[Si](C)(CCC(F)(F)F)O[Si](C)(CCC(F)(F)F)O[Si](C)(CCC(F)(F)F)O1. The molecule has 1 aliphatic heterocycles. The van der Waals surface area contributed by atoms with Crippen molar-refractivity contribution in [2.45, 2.75) is 108 Å². The Morgan fingerprint density at radius 3 is 0.912 bits per heavy atom.